The highest BCUT2D eigenvalue weighted by Crippen LogP contribution is 2.27. The molecule has 2 aromatic rings. The smallest absolute Gasteiger partial charge is 0.335 e. The van der Waals surface area contributed by atoms with E-state index in [4.69, 9.17) is 22.8 Å². The second-order valence-electron chi connectivity index (χ2n) is 5.47. The molecule has 4 amide bonds. The monoisotopic (exact) mass is 380 g/mol. The first-order valence-corrected chi connectivity index (χ1v) is 8.21. The van der Waals surface area contributed by atoms with Crippen molar-refractivity contribution in [3.8, 4) is 18.1 Å². The molecule has 0 bridgehead atoms. The molecular weight excluding hydrogens is 368 g/mol. The molecule has 134 valence electrons. The molecule has 6 nitrogen and oxygen atoms in total. The summed E-state index contributed by atoms with van der Waals surface area (Å²) in [5.74, 6) is 1.14. The van der Waals surface area contributed by atoms with Crippen LogP contribution in [0.1, 0.15) is 5.56 Å². The van der Waals surface area contributed by atoms with Crippen molar-refractivity contribution in [3.63, 3.8) is 0 Å². The summed E-state index contributed by atoms with van der Waals surface area (Å²) in [4.78, 5) is 38.1. The predicted molar refractivity (Wildman–Crippen MR) is 101 cm³/mol. The normalized spacial score (nSPS) is 15.5. The average Bonchev–Trinajstić information content (AvgIpc) is 2.65. The van der Waals surface area contributed by atoms with E-state index in [1.165, 1.54) is 12.1 Å². The van der Waals surface area contributed by atoms with Crippen LogP contribution in [0.2, 0.25) is 5.02 Å². The van der Waals surface area contributed by atoms with Crippen molar-refractivity contribution in [2.75, 3.05) is 11.5 Å². The molecule has 27 heavy (non-hydrogen) atoms. The van der Waals surface area contributed by atoms with Gasteiger partial charge in [0.05, 0.1) is 5.69 Å². The van der Waals surface area contributed by atoms with Crippen molar-refractivity contribution in [1.29, 1.82) is 0 Å². The first kappa shape index (κ1) is 18.2. The van der Waals surface area contributed by atoms with E-state index in [9.17, 15) is 14.4 Å². The van der Waals surface area contributed by atoms with Crippen molar-refractivity contribution in [2.24, 2.45) is 0 Å². The molecule has 0 radical (unpaired) electrons. The molecule has 1 aliphatic rings. The Hall–Kier alpha value is -3.56. The maximum atomic E-state index is 12.8. The fraction of sp³-hybridized carbons (Fsp3) is 0.0500. The third kappa shape index (κ3) is 3.84. The van der Waals surface area contributed by atoms with Crippen LogP contribution in [-0.2, 0) is 9.59 Å². The van der Waals surface area contributed by atoms with Gasteiger partial charge in [0, 0.05) is 10.6 Å². The number of carbonyl (C=O) groups is 3. The van der Waals surface area contributed by atoms with Crippen LogP contribution in [-0.4, -0.2) is 24.5 Å². The van der Waals surface area contributed by atoms with E-state index < -0.39 is 17.8 Å². The molecule has 1 fully saturated rings. The van der Waals surface area contributed by atoms with Crippen LogP contribution < -0.4 is 15.0 Å². The Kier molecular flexibility index (Phi) is 5.25. The number of imide groups is 2. The van der Waals surface area contributed by atoms with Gasteiger partial charge in [-0.2, -0.15) is 0 Å². The van der Waals surface area contributed by atoms with E-state index in [1.807, 2.05) is 0 Å². The lowest BCUT2D eigenvalue weighted by Gasteiger charge is -2.26. The largest absolute Gasteiger partial charge is 0.480 e. The van der Waals surface area contributed by atoms with Crippen molar-refractivity contribution >= 4 is 41.2 Å². The van der Waals surface area contributed by atoms with Gasteiger partial charge in [-0.3, -0.25) is 14.9 Å². The Labute approximate surface area is 160 Å². The third-order valence-electron chi connectivity index (χ3n) is 3.70. The molecule has 3 rings (SSSR count). The first-order chi connectivity index (χ1) is 13.0. The van der Waals surface area contributed by atoms with Crippen molar-refractivity contribution in [3.05, 3.63) is 64.7 Å². The second-order valence-corrected chi connectivity index (χ2v) is 5.90. The number of ether oxygens (including phenoxy) is 1. The summed E-state index contributed by atoms with van der Waals surface area (Å²) < 4.78 is 5.42. The number of carbonyl (C=O) groups excluding carboxylic acids is 3. The predicted octanol–water partition coefficient (Wildman–Crippen LogP) is 3.02. The summed E-state index contributed by atoms with van der Waals surface area (Å²) in [7, 11) is 0. The molecule has 1 saturated heterocycles. The summed E-state index contributed by atoms with van der Waals surface area (Å²) in [6.07, 6.45) is 6.52. The van der Waals surface area contributed by atoms with Gasteiger partial charge in [0.1, 0.15) is 17.9 Å². The number of barbiturate groups is 1. The van der Waals surface area contributed by atoms with E-state index in [-0.39, 0.29) is 12.2 Å². The minimum atomic E-state index is -0.816. The molecule has 0 aliphatic carbocycles. The number of hydrogen-bond donors (Lipinski definition) is 1. The van der Waals surface area contributed by atoms with E-state index in [1.54, 1.807) is 42.5 Å². The maximum Gasteiger partial charge on any atom is 0.335 e. The van der Waals surface area contributed by atoms with Crippen LogP contribution in [0, 0.1) is 12.3 Å². The summed E-state index contributed by atoms with van der Waals surface area (Å²) in [5, 5.41) is 2.54. The van der Waals surface area contributed by atoms with Crippen molar-refractivity contribution in [1.82, 2.24) is 5.32 Å². The van der Waals surface area contributed by atoms with Gasteiger partial charge in [-0.05, 0) is 36.4 Å². The Morgan fingerprint density at radius 3 is 2.59 bits per heavy atom. The van der Waals surface area contributed by atoms with E-state index >= 15 is 0 Å². The molecule has 0 atom stereocenters. The summed E-state index contributed by atoms with van der Waals surface area (Å²) >= 11 is 6.01. The highest BCUT2D eigenvalue weighted by Gasteiger charge is 2.36. The first-order valence-electron chi connectivity index (χ1n) is 7.83. The van der Waals surface area contributed by atoms with Crippen LogP contribution in [0.4, 0.5) is 10.5 Å². The highest BCUT2D eigenvalue weighted by atomic mass is 35.5. The maximum absolute atomic E-state index is 12.8. The average molecular weight is 381 g/mol. The molecule has 0 spiro atoms. The number of para-hydroxylation sites is 1. The summed E-state index contributed by atoms with van der Waals surface area (Å²) in [6, 6.07) is 12.2. The van der Waals surface area contributed by atoms with Gasteiger partial charge in [-0.1, -0.05) is 35.7 Å². The van der Waals surface area contributed by atoms with Crippen LogP contribution in [0.5, 0.6) is 5.75 Å². The van der Waals surface area contributed by atoms with Crippen LogP contribution in [0.3, 0.4) is 0 Å². The fourth-order valence-corrected chi connectivity index (χ4v) is 2.69. The molecule has 1 aliphatic heterocycles. The lowest BCUT2D eigenvalue weighted by molar-refractivity contribution is -0.122. The van der Waals surface area contributed by atoms with Crippen molar-refractivity contribution < 1.29 is 19.1 Å². The van der Waals surface area contributed by atoms with Gasteiger partial charge < -0.3 is 4.74 Å². The number of terminal acetylenes is 1. The Bertz CT molecular complexity index is 993. The second kappa shape index (κ2) is 7.77. The fourth-order valence-electron chi connectivity index (χ4n) is 2.51. The lowest BCUT2D eigenvalue weighted by atomic mass is 10.1. The number of anilines is 1. The van der Waals surface area contributed by atoms with Crippen LogP contribution in [0.25, 0.3) is 6.08 Å². The van der Waals surface area contributed by atoms with Gasteiger partial charge in [-0.15, -0.1) is 6.42 Å². The molecule has 1 N–H and O–H groups in total. The summed E-state index contributed by atoms with van der Waals surface area (Å²) in [5.41, 5.74) is 0.498. The van der Waals surface area contributed by atoms with E-state index in [0.717, 1.165) is 4.90 Å². The zero-order valence-electron chi connectivity index (χ0n) is 13.9. The van der Waals surface area contributed by atoms with Gasteiger partial charge in [-0.25, -0.2) is 9.69 Å². The number of nitrogens with one attached hydrogen (secondary N) is 1. The number of urea groups is 1. The lowest BCUT2D eigenvalue weighted by Crippen LogP contribution is -2.54. The SMILES string of the molecule is C#CCOc1ccc(Cl)cc1/C=C1\C(=O)NC(=O)N(c2ccccc2)C1=O. The molecule has 1 heterocycles. The number of nitrogens with zero attached hydrogens (tertiary/aromatic N) is 1. The molecular formula is C20H13ClN2O4. The molecule has 2 aromatic carbocycles. The minimum Gasteiger partial charge on any atom is -0.480 e. The Morgan fingerprint density at radius 2 is 1.89 bits per heavy atom. The number of amides is 4. The molecule has 0 unspecified atom stereocenters. The third-order valence-corrected chi connectivity index (χ3v) is 3.93. The zero-order valence-corrected chi connectivity index (χ0v) is 14.7. The standard InChI is InChI=1S/C20H13ClN2O4/c1-2-10-27-17-9-8-14(21)11-13(17)12-16-18(24)22-20(26)23(19(16)25)15-6-4-3-5-7-15/h1,3-9,11-12H,10H2,(H,22,24,26)/b16-12+. The zero-order chi connectivity index (χ0) is 19.4. The van der Waals surface area contributed by atoms with Crippen LogP contribution >= 0.6 is 11.6 Å². The summed E-state index contributed by atoms with van der Waals surface area (Å²) in [6.45, 7) is 0.00652. The number of halogens is 1. The van der Waals surface area contributed by atoms with Gasteiger partial charge in [0.15, 0.2) is 0 Å². The number of benzene rings is 2. The topological polar surface area (TPSA) is 75.7 Å². The Balaban J connectivity index is 2.04. The molecule has 0 aromatic heterocycles. The quantitative estimate of drug-likeness (QED) is 0.502. The minimum absolute atomic E-state index is 0.00652. The molecule has 7 heteroatoms. The van der Waals surface area contributed by atoms with Gasteiger partial charge in [0.2, 0.25) is 0 Å². The van der Waals surface area contributed by atoms with Crippen molar-refractivity contribution in [2.45, 2.75) is 0 Å². The van der Waals surface area contributed by atoms with E-state index in [2.05, 4.69) is 11.2 Å². The van der Waals surface area contributed by atoms with Crippen LogP contribution in [0.15, 0.2) is 54.1 Å². The highest BCUT2D eigenvalue weighted by molar-refractivity contribution is 6.39. The van der Waals surface area contributed by atoms with Gasteiger partial charge >= 0.3 is 6.03 Å². The molecule has 0 saturated carbocycles. The number of rotatable bonds is 4. The Morgan fingerprint density at radius 1 is 1.15 bits per heavy atom. The van der Waals surface area contributed by atoms with Gasteiger partial charge in [0.25, 0.3) is 11.8 Å². The number of hydrogen-bond acceptors (Lipinski definition) is 4. The van der Waals surface area contributed by atoms with E-state index in [0.29, 0.717) is 22.0 Å².